The van der Waals surface area contributed by atoms with Gasteiger partial charge in [0.25, 0.3) is 0 Å². The second kappa shape index (κ2) is 5.13. The van der Waals surface area contributed by atoms with Gasteiger partial charge in [0.1, 0.15) is 5.75 Å². The van der Waals surface area contributed by atoms with Crippen LogP contribution >= 0.6 is 11.3 Å². The number of hydrogen-bond donors (Lipinski definition) is 1. The quantitative estimate of drug-likeness (QED) is 0.874. The third kappa shape index (κ3) is 2.48. The molecule has 0 radical (unpaired) electrons. The second-order valence-electron chi connectivity index (χ2n) is 3.77. The molecule has 0 spiro atoms. The Labute approximate surface area is 107 Å². The first-order chi connectivity index (χ1) is 8.61. The highest BCUT2D eigenvalue weighted by atomic mass is 32.1. The standard InChI is InChI=1S/C10H12N4O3S/c1-6(10(15)16)4-14-9(11-12-13-14)8-3-7(17-2)5-18-8/h3,5-6H,4H2,1-2H3,(H,15,16). The number of carboxylic acids is 1. The summed E-state index contributed by atoms with van der Waals surface area (Å²) in [6.45, 7) is 1.85. The molecule has 0 aliphatic heterocycles. The summed E-state index contributed by atoms with van der Waals surface area (Å²) in [4.78, 5) is 11.7. The van der Waals surface area contributed by atoms with Crippen molar-refractivity contribution in [2.24, 2.45) is 5.92 Å². The van der Waals surface area contributed by atoms with Crippen LogP contribution in [0.2, 0.25) is 0 Å². The molecule has 96 valence electrons. The van der Waals surface area contributed by atoms with Gasteiger partial charge in [0.15, 0.2) is 5.82 Å². The molecular formula is C10H12N4O3S. The van der Waals surface area contributed by atoms with Crippen LogP contribution in [-0.2, 0) is 11.3 Å². The van der Waals surface area contributed by atoms with Crippen LogP contribution in [0.5, 0.6) is 5.75 Å². The van der Waals surface area contributed by atoms with Gasteiger partial charge in [0.05, 0.1) is 24.4 Å². The Morgan fingerprint density at radius 3 is 3.06 bits per heavy atom. The Hall–Kier alpha value is -1.96. The Kier molecular flexibility index (Phi) is 3.56. The van der Waals surface area contributed by atoms with E-state index in [0.29, 0.717) is 5.82 Å². The maximum absolute atomic E-state index is 10.8. The molecule has 0 amide bonds. The number of nitrogens with zero attached hydrogens (tertiary/aromatic N) is 4. The van der Waals surface area contributed by atoms with Crippen LogP contribution in [0, 0.1) is 5.92 Å². The van der Waals surface area contributed by atoms with E-state index in [2.05, 4.69) is 15.5 Å². The topological polar surface area (TPSA) is 90.1 Å². The van der Waals surface area contributed by atoms with Gasteiger partial charge >= 0.3 is 5.97 Å². The van der Waals surface area contributed by atoms with Crippen LogP contribution in [-0.4, -0.2) is 38.4 Å². The number of ether oxygens (including phenoxy) is 1. The number of tetrazole rings is 1. The fourth-order valence-corrected chi connectivity index (χ4v) is 2.23. The van der Waals surface area contributed by atoms with Gasteiger partial charge in [-0.3, -0.25) is 4.79 Å². The molecule has 0 aromatic carbocycles. The zero-order valence-electron chi connectivity index (χ0n) is 9.90. The summed E-state index contributed by atoms with van der Waals surface area (Å²) in [5, 5.41) is 22.0. The van der Waals surface area contributed by atoms with Crippen molar-refractivity contribution < 1.29 is 14.6 Å². The van der Waals surface area contributed by atoms with Gasteiger partial charge in [-0.05, 0) is 10.4 Å². The van der Waals surface area contributed by atoms with E-state index in [1.54, 1.807) is 14.0 Å². The number of carboxylic acid groups (broad SMARTS) is 1. The monoisotopic (exact) mass is 268 g/mol. The van der Waals surface area contributed by atoms with Gasteiger partial charge in [-0.15, -0.1) is 16.4 Å². The maximum Gasteiger partial charge on any atom is 0.308 e. The largest absolute Gasteiger partial charge is 0.496 e. The summed E-state index contributed by atoms with van der Waals surface area (Å²) >= 11 is 1.45. The van der Waals surface area contributed by atoms with Gasteiger partial charge < -0.3 is 9.84 Å². The normalized spacial score (nSPS) is 12.3. The highest BCUT2D eigenvalue weighted by Crippen LogP contribution is 2.29. The van der Waals surface area contributed by atoms with Crippen molar-refractivity contribution >= 4 is 17.3 Å². The lowest BCUT2D eigenvalue weighted by atomic mass is 10.2. The summed E-state index contributed by atoms with van der Waals surface area (Å²) in [6, 6.07) is 1.82. The van der Waals surface area contributed by atoms with Gasteiger partial charge in [-0.2, -0.15) is 0 Å². The molecule has 18 heavy (non-hydrogen) atoms. The van der Waals surface area contributed by atoms with Crippen LogP contribution in [0.4, 0.5) is 0 Å². The first-order valence-corrected chi connectivity index (χ1v) is 6.11. The average Bonchev–Trinajstić information content (AvgIpc) is 2.96. The van der Waals surface area contributed by atoms with E-state index < -0.39 is 11.9 Å². The SMILES string of the molecule is COc1csc(-c2nnnn2CC(C)C(=O)O)c1. The predicted molar refractivity (Wildman–Crippen MR) is 64.5 cm³/mol. The molecule has 0 bridgehead atoms. The Balaban J connectivity index is 2.24. The summed E-state index contributed by atoms with van der Waals surface area (Å²) in [5.74, 6) is -0.137. The van der Waals surface area contributed by atoms with E-state index in [9.17, 15) is 4.79 Å². The van der Waals surface area contributed by atoms with Crippen LogP contribution in [0.15, 0.2) is 11.4 Å². The number of methoxy groups -OCH3 is 1. The van der Waals surface area contributed by atoms with Crippen molar-refractivity contribution in [1.29, 1.82) is 0 Å². The predicted octanol–water partition coefficient (Wildman–Crippen LogP) is 1.13. The molecule has 2 heterocycles. The molecule has 0 saturated carbocycles. The molecule has 2 aromatic rings. The van der Waals surface area contributed by atoms with E-state index >= 15 is 0 Å². The minimum absolute atomic E-state index is 0.234. The van der Waals surface area contributed by atoms with Crippen molar-refractivity contribution in [1.82, 2.24) is 20.2 Å². The Morgan fingerprint density at radius 1 is 1.67 bits per heavy atom. The lowest BCUT2D eigenvalue weighted by Crippen LogP contribution is -2.18. The smallest absolute Gasteiger partial charge is 0.308 e. The van der Waals surface area contributed by atoms with Crippen molar-refractivity contribution in [3.63, 3.8) is 0 Å². The van der Waals surface area contributed by atoms with E-state index in [4.69, 9.17) is 9.84 Å². The molecule has 2 rings (SSSR count). The van der Waals surface area contributed by atoms with Crippen molar-refractivity contribution in [3.8, 4) is 16.5 Å². The third-order valence-corrected chi connectivity index (χ3v) is 3.34. The number of rotatable bonds is 5. The Morgan fingerprint density at radius 2 is 2.44 bits per heavy atom. The van der Waals surface area contributed by atoms with E-state index in [0.717, 1.165) is 10.6 Å². The maximum atomic E-state index is 10.8. The van der Waals surface area contributed by atoms with E-state index in [1.165, 1.54) is 16.0 Å². The first kappa shape index (κ1) is 12.5. The number of aromatic nitrogens is 4. The molecule has 7 nitrogen and oxygen atoms in total. The number of carbonyl (C=O) groups is 1. The fourth-order valence-electron chi connectivity index (χ4n) is 1.38. The lowest BCUT2D eigenvalue weighted by Gasteiger charge is -2.06. The Bertz CT molecular complexity index is 551. The molecule has 8 heteroatoms. The van der Waals surface area contributed by atoms with Crippen LogP contribution in [0.3, 0.4) is 0 Å². The van der Waals surface area contributed by atoms with Gasteiger partial charge in [0, 0.05) is 11.4 Å². The molecule has 0 saturated heterocycles. The minimum Gasteiger partial charge on any atom is -0.496 e. The van der Waals surface area contributed by atoms with Gasteiger partial charge in [0.2, 0.25) is 0 Å². The summed E-state index contributed by atoms with van der Waals surface area (Å²) in [6.07, 6.45) is 0. The summed E-state index contributed by atoms with van der Waals surface area (Å²) in [7, 11) is 1.58. The van der Waals surface area contributed by atoms with E-state index in [-0.39, 0.29) is 6.54 Å². The second-order valence-corrected chi connectivity index (χ2v) is 4.69. The molecule has 0 aliphatic rings. The zero-order chi connectivity index (χ0) is 13.1. The first-order valence-electron chi connectivity index (χ1n) is 5.23. The highest BCUT2D eigenvalue weighted by molar-refractivity contribution is 7.13. The fraction of sp³-hybridized carbons (Fsp3) is 0.400. The van der Waals surface area contributed by atoms with Crippen LogP contribution in [0.1, 0.15) is 6.92 Å². The number of hydrogen-bond acceptors (Lipinski definition) is 6. The lowest BCUT2D eigenvalue weighted by molar-refractivity contribution is -0.141. The van der Waals surface area contributed by atoms with E-state index in [1.807, 2.05) is 11.4 Å². The highest BCUT2D eigenvalue weighted by Gasteiger charge is 2.17. The molecule has 1 N–H and O–H groups in total. The summed E-state index contributed by atoms with van der Waals surface area (Å²) in [5.41, 5.74) is 0. The summed E-state index contributed by atoms with van der Waals surface area (Å²) < 4.78 is 6.58. The average molecular weight is 268 g/mol. The van der Waals surface area contributed by atoms with Crippen LogP contribution < -0.4 is 4.74 Å². The van der Waals surface area contributed by atoms with Crippen molar-refractivity contribution in [2.45, 2.75) is 13.5 Å². The molecule has 1 atom stereocenters. The third-order valence-electron chi connectivity index (χ3n) is 2.43. The molecule has 0 fully saturated rings. The van der Waals surface area contributed by atoms with Crippen LogP contribution in [0.25, 0.3) is 10.7 Å². The number of thiophene rings is 1. The van der Waals surface area contributed by atoms with Crippen molar-refractivity contribution in [2.75, 3.05) is 7.11 Å². The number of aliphatic carboxylic acids is 1. The molecule has 2 aromatic heterocycles. The van der Waals surface area contributed by atoms with Gasteiger partial charge in [-0.1, -0.05) is 6.92 Å². The van der Waals surface area contributed by atoms with Crippen molar-refractivity contribution in [3.05, 3.63) is 11.4 Å². The molecule has 1 unspecified atom stereocenters. The zero-order valence-corrected chi connectivity index (χ0v) is 10.7. The molecular weight excluding hydrogens is 256 g/mol. The van der Waals surface area contributed by atoms with Gasteiger partial charge in [-0.25, -0.2) is 4.68 Å². The molecule has 0 aliphatic carbocycles. The minimum atomic E-state index is -0.875.